The fraction of sp³-hybridized carbons (Fsp3) is 0.200. The first kappa shape index (κ1) is 9.21. The summed E-state index contributed by atoms with van der Waals surface area (Å²) in [6.07, 6.45) is 0. The van der Waals surface area contributed by atoms with Crippen molar-refractivity contribution in [1.82, 2.24) is 0 Å². The van der Waals surface area contributed by atoms with E-state index in [1.165, 1.54) is 0 Å². The third kappa shape index (κ3) is 1.51. The molecule has 1 aliphatic rings. The molecule has 0 aliphatic carbocycles. The van der Waals surface area contributed by atoms with Gasteiger partial charge in [0.1, 0.15) is 11.6 Å². The van der Waals surface area contributed by atoms with E-state index in [4.69, 9.17) is 11.6 Å². The Balaban J connectivity index is 2.33. The molecule has 0 spiro atoms. The molecule has 0 fully saturated rings. The summed E-state index contributed by atoms with van der Waals surface area (Å²) in [6.45, 7) is 1.77. The van der Waals surface area contributed by atoms with Gasteiger partial charge in [-0.05, 0) is 19.1 Å². The fourth-order valence-electron chi connectivity index (χ4n) is 1.29. The highest BCUT2D eigenvalue weighted by atomic mass is 35.5. The maximum atomic E-state index is 11.1. The van der Waals surface area contributed by atoms with Gasteiger partial charge in [0.05, 0.1) is 0 Å². The first-order chi connectivity index (χ1) is 6.68. The summed E-state index contributed by atoms with van der Waals surface area (Å²) in [5, 5.41) is 4.38. The topological polar surface area (TPSA) is 38.7 Å². The molecule has 0 radical (unpaired) electrons. The van der Waals surface area contributed by atoms with Crippen molar-refractivity contribution >= 4 is 23.3 Å². The number of carbonyl (C=O) groups is 1. The smallest absolute Gasteiger partial charge is 0.317 e. The normalized spacial score (nSPS) is 20.6. The zero-order valence-electron chi connectivity index (χ0n) is 7.53. The maximum Gasteiger partial charge on any atom is 0.343 e. The monoisotopic (exact) mass is 209 g/mol. The van der Waals surface area contributed by atoms with E-state index in [9.17, 15) is 4.79 Å². The minimum Gasteiger partial charge on any atom is -0.317 e. The highest BCUT2D eigenvalue weighted by Gasteiger charge is 2.28. The molecule has 0 saturated heterocycles. The van der Waals surface area contributed by atoms with Crippen molar-refractivity contribution in [2.45, 2.75) is 6.92 Å². The molecule has 1 aliphatic heterocycles. The second-order valence-corrected chi connectivity index (χ2v) is 3.55. The Morgan fingerprint density at radius 1 is 1.36 bits per heavy atom. The van der Waals surface area contributed by atoms with Gasteiger partial charge in [0, 0.05) is 10.6 Å². The average Bonchev–Trinajstić information content (AvgIpc) is 2.50. The first-order valence-corrected chi connectivity index (χ1v) is 4.61. The van der Waals surface area contributed by atoms with Crippen molar-refractivity contribution in [3.63, 3.8) is 0 Å². The average molecular weight is 210 g/mol. The van der Waals surface area contributed by atoms with Crippen LogP contribution in [0.15, 0.2) is 29.4 Å². The summed E-state index contributed by atoms with van der Waals surface area (Å²) in [5.41, 5.74) is 1.53. The van der Waals surface area contributed by atoms with E-state index in [1.54, 1.807) is 19.1 Å². The lowest BCUT2D eigenvalue weighted by atomic mass is 9.99. The van der Waals surface area contributed by atoms with Crippen molar-refractivity contribution in [2.24, 2.45) is 11.1 Å². The Morgan fingerprint density at radius 2 is 2.00 bits per heavy atom. The van der Waals surface area contributed by atoms with Crippen LogP contribution in [0.4, 0.5) is 0 Å². The van der Waals surface area contributed by atoms with Gasteiger partial charge in [-0.15, -0.1) is 0 Å². The molecular weight excluding hydrogens is 202 g/mol. The highest BCUT2D eigenvalue weighted by molar-refractivity contribution is 6.30. The summed E-state index contributed by atoms with van der Waals surface area (Å²) in [5.74, 6) is -0.605. The molecule has 72 valence electrons. The lowest BCUT2D eigenvalue weighted by molar-refractivity contribution is -0.142. The van der Waals surface area contributed by atoms with Crippen LogP contribution in [0.25, 0.3) is 0 Å². The number of hydrogen-bond donors (Lipinski definition) is 0. The molecule has 1 aromatic rings. The molecule has 1 atom stereocenters. The number of rotatable bonds is 1. The Labute approximate surface area is 86.3 Å². The summed E-state index contributed by atoms with van der Waals surface area (Å²) in [7, 11) is 0. The summed E-state index contributed by atoms with van der Waals surface area (Å²) in [6, 6.07) is 7.16. The number of nitrogens with zero attached hydrogens (tertiary/aromatic N) is 1. The van der Waals surface area contributed by atoms with Crippen LogP contribution in [-0.4, -0.2) is 11.7 Å². The van der Waals surface area contributed by atoms with Crippen LogP contribution in [0.1, 0.15) is 12.5 Å². The molecule has 1 aromatic carbocycles. The van der Waals surface area contributed by atoms with Crippen LogP contribution in [0.5, 0.6) is 0 Å². The number of halogens is 1. The number of carbonyl (C=O) groups excluding carboxylic acids is 1. The minimum absolute atomic E-state index is 0.295. The number of hydrogen-bond acceptors (Lipinski definition) is 3. The zero-order chi connectivity index (χ0) is 10.1. The van der Waals surface area contributed by atoms with Crippen LogP contribution >= 0.6 is 11.6 Å². The molecule has 0 amide bonds. The predicted octanol–water partition coefficient (Wildman–Crippen LogP) is 2.24. The van der Waals surface area contributed by atoms with Gasteiger partial charge >= 0.3 is 5.97 Å². The highest BCUT2D eigenvalue weighted by Crippen LogP contribution is 2.19. The molecular formula is C10H8ClNO2. The standard InChI is InChI=1S/C10H8ClNO2/c1-6-9(12-14-10(6)13)7-2-4-8(11)5-3-7/h2-6H,1H3. The molecule has 2 rings (SSSR count). The fourth-order valence-corrected chi connectivity index (χ4v) is 1.41. The SMILES string of the molecule is CC1C(=O)ON=C1c1ccc(Cl)cc1. The van der Waals surface area contributed by atoms with E-state index in [2.05, 4.69) is 9.99 Å². The van der Waals surface area contributed by atoms with Crippen molar-refractivity contribution in [3.05, 3.63) is 34.9 Å². The van der Waals surface area contributed by atoms with Gasteiger partial charge in [-0.25, -0.2) is 4.79 Å². The van der Waals surface area contributed by atoms with Gasteiger partial charge in [0.25, 0.3) is 0 Å². The van der Waals surface area contributed by atoms with Crippen molar-refractivity contribution in [3.8, 4) is 0 Å². The van der Waals surface area contributed by atoms with E-state index in [1.807, 2.05) is 12.1 Å². The van der Waals surface area contributed by atoms with Gasteiger partial charge in [-0.2, -0.15) is 0 Å². The van der Waals surface area contributed by atoms with E-state index < -0.39 is 0 Å². The minimum atomic E-state index is -0.310. The zero-order valence-corrected chi connectivity index (χ0v) is 8.28. The van der Waals surface area contributed by atoms with E-state index in [0.29, 0.717) is 10.7 Å². The number of oxime groups is 1. The van der Waals surface area contributed by atoms with Crippen LogP contribution in [0.2, 0.25) is 5.02 Å². The van der Waals surface area contributed by atoms with Crippen LogP contribution in [0, 0.1) is 5.92 Å². The predicted molar refractivity (Wildman–Crippen MR) is 53.2 cm³/mol. The third-order valence-electron chi connectivity index (χ3n) is 2.14. The second kappa shape index (κ2) is 3.42. The van der Waals surface area contributed by atoms with E-state index >= 15 is 0 Å². The first-order valence-electron chi connectivity index (χ1n) is 4.23. The quantitative estimate of drug-likeness (QED) is 0.666. The van der Waals surface area contributed by atoms with Gasteiger partial charge < -0.3 is 4.84 Å². The Kier molecular flexibility index (Phi) is 2.25. The molecule has 1 unspecified atom stereocenters. The molecule has 0 saturated carbocycles. The second-order valence-electron chi connectivity index (χ2n) is 3.12. The van der Waals surface area contributed by atoms with Gasteiger partial charge in [-0.3, -0.25) is 0 Å². The Hall–Kier alpha value is -1.35. The van der Waals surface area contributed by atoms with Gasteiger partial charge in [0.2, 0.25) is 0 Å². The van der Waals surface area contributed by atoms with Crippen LogP contribution in [-0.2, 0) is 9.63 Å². The molecule has 14 heavy (non-hydrogen) atoms. The lowest BCUT2D eigenvalue weighted by Crippen LogP contribution is -2.14. The Bertz CT molecular complexity index is 397. The summed E-state index contributed by atoms with van der Waals surface area (Å²) >= 11 is 5.75. The molecule has 0 N–H and O–H groups in total. The molecule has 0 aromatic heterocycles. The van der Waals surface area contributed by atoms with Crippen molar-refractivity contribution < 1.29 is 9.63 Å². The third-order valence-corrected chi connectivity index (χ3v) is 2.39. The van der Waals surface area contributed by atoms with Crippen LogP contribution < -0.4 is 0 Å². The van der Waals surface area contributed by atoms with E-state index in [0.717, 1.165) is 5.56 Å². The molecule has 1 heterocycles. The van der Waals surface area contributed by atoms with Gasteiger partial charge in [-0.1, -0.05) is 28.9 Å². The number of benzene rings is 1. The van der Waals surface area contributed by atoms with Crippen molar-refractivity contribution in [1.29, 1.82) is 0 Å². The Morgan fingerprint density at radius 3 is 2.50 bits per heavy atom. The lowest BCUT2D eigenvalue weighted by Gasteiger charge is -2.01. The maximum absolute atomic E-state index is 11.1. The molecule has 4 heteroatoms. The van der Waals surface area contributed by atoms with Crippen molar-refractivity contribution in [2.75, 3.05) is 0 Å². The molecule has 0 bridgehead atoms. The summed E-state index contributed by atoms with van der Waals surface area (Å²) in [4.78, 5) is 15.6. The van der Waals surface area contributed by atoms with E-state index in [-0.39, 0.29) is 11.9 Å². The van der Waals surface area contributed by atoms with Gasteiger partial charge in [0.15, 0.2) is 0 Å². The molecule has 3 nitrogen and oxygen atoms in total. The summed E-state index contributed by atoms with van der Waals surface area (Å²) < 4.78 is 0. The van der Waals surface area contributed by atoms with Crippen LogP contribution in [0.3, 0.4) is 0 Å². The largest absolute Gasteiger partial charge is 0.343 e.